The second-order valence-electron chi connectivity index (χ2n) is 5.55. The SMILES string of the molecule is CCCCP(OCCc1ccccc1)OCCc1ccccc1. The van der Waals surface area contributed by atoms with Crippen LogP contribution >= 0.6 is 8.38 Å². The van der Waals surface area contributed by atoms with Crippen molar-refractivity contribution in [2.45, 2.75) is 32.6 Å². The van der Waals surface area contributed by atoms with Crippen LogP contribution in [-0.4, -0.2) is 19.4 Å². The molecular weight excluding hydrogens is 303 g/mol. The lowest BCUT2D eigenvalue weighted by atomic mass is 10.2. The van der Waals surface area contributed by atoms with E-state index in [4.69, 9.17) is 9.05 Å². The van der Waals surface area contributed by atoms with Gasteiger partial charge in [0.25, 0.3) is 0 Å². The highest BCUT2D eigenvalue weighted by Gasteiger charge is 2.10. The van der Waals surface area contributed by atoms with E-state index in [2.05, 4.69) is 55.5 Å². The zero-order valence-electron chi connectivity index (χ0n) is 14.0. The van der Waals surface area contributed by atoms with Gasteiger partial charge >= 0.3 is 0 Å². The summed E-state index contributed by atoms with van der Waals surface area (Å²) >= 11 is 0. The monoisotopic (exact) mass is 330 g/mol. The lowest BCUT2D eigenvalue weighted by molar-refractivity contribution is 0.253. The van der Waals surface area contributed by atoms with Crippen molar-refractivity contribution in [2.75, 3.05) is 19.4 Å². The zero-order valence-corrected chi connectivity index (χ0v) is 14.9. The van der Waals surface area contributed by atoms with Crippen LogP contribution in [0.2, 0.25) is 0 Å². The third-order valence-electron chi connectivity index (χ3n) is 3.63. The van der Waals surface area contributed by atoms with Gasteiger partial charge in [-0.15, -0.1) is 0 Å². The Balaban J connectivity index is 1.70. The van der Waals surface area contributed by atoms with Gasteiger partial charge in [0, 0.05) is 6.16 Å². The number of rotatable bonds is 11. The minimum Gasteiger partial charge on any atom is -0.334 e. The van der Waals surface area contributed by atoms with Crippen molar-refractivity contribution in [3.05, 3.63) is 71.8 Å². The summed E-state index contributed by atoms with van der Waals surface area (Å²) in [6, 6.07) is 21.0. The summed E-state index contributed by atoms with van der Waals surface area (Å²) in [4.78, 5) is 0. The van der Waals surface area contributed by atoms with Crippen LogP contribution in [-0.2, 0) is 21.9 Å². The standard InChI is InChI=1S/C20H27O2P/c1-2-3-18-23(21-16-14-19-10-6-4-7-11-19)22-17-15-20-12-8-5-9-13-20/h4-13H,2-3,14-18H2,1H3. The maximum atomic E-state index is 6.03. The molecule has 0 heterocycles. The van der Waals surface area contributed by atoms with Crippen LogP contribution < -0.4 is 0 Å². The van der Waals surface area contributed by atoms with E-state index in [9.17, 15) is 0 Å². The summed E-state index contributed by atoms with van der Waals surface area (Å²) in [5, 5.41) is 0. The predicted octanol–water partition coefficient (Wildman–Crippen LogP) is 5.62. The zero-order chi connectivity index (χ0) is 16.2. The highest BCUT2D eigenvalue weighted by atomic mass is 31.2. The van der Waals surface area contributed by atoms with Crippen LogP contribution in [0, 0.1) is 0 Å². The van der Waals surface area contributed by atoms with Gasteiger partial charge in [-0.1, -0.05) is 74.0 Å². The first-order valence-corrected chi connectivity index (χ1v) is 9.86. The molecule has 0 N–H and O–H groups in total. The Hall–Kier alpha value is -1.21. The van der Waals surface area contributed by atoms with E-state index in [-0.39, 0.29) is 0 Å². The first-order chi connectivity index (χ1) is 11.4. The lowest BCUT2D eigenvalue weighted by Crippen LogP contribution is -2.02. The average molecular weight is 330 g/mol. The topological polar surface area (TPSA) is 18.5 Å². The van der Waals surface area contributed by atoms with Crippen LogP contribution in [0.25, 0.3) is 0 Å². The molecule has 2 nitrogen and oxygen atoms in total. The Bertz CT molecular complexity index is 470. The minimum absolute atomic E-state index is 0.741. The molecule has 2 aromatic carbocycles. The normalized spacial score (nSPS) is 11.0. The summed E-state index contributed by atoms with van der Waals surface area (Å²) < 4.78 is 12.1. The molecule has 0 amide bonds. The van der Waals surface area contributed by atoms with E-state index in [0.717, 1.165) is 32.2 Å². The van der Waals surface area contributed by atoms with E-state index < -0.39 is 8.38 Å². The quantitative estimate of drug-likeness (QED) is 0.498. The van der Waals surface area contributed by atoms with Crippen molar-refractivity contribution in [3.8, 4) is 0 Å². The Morgan fingerprint density at radius 1 is 0.739 bits per heavy atom. The second kappa shape index (κ2) is 11.3. The Morgan fingerprint density at radius 3 is 1.65 bits per heavy atom. The molecule has 0 spiro atoms. The minimum atomic E-state index is -0.759. The molecular formula is C20H27O2P. The molecule has 0 bridgehead atoms. The number of hydrogen-bond acceptors (Lipinski definition) is 2. The van der Waals surface area contributed by atoms with Gasteiger partial charge in [-0.2, -0.15) is 0 Å². The molecule has 0 radical (unpaired) electrons. The number of benzene rings is 2. The molecule has 0 aliphatic heterocycles. The van der Waals surface area contributed by atoms with Crippen LogP contribution in [0.15, 0.2) is 60.7 Å². The number of hydrogen-bond donors (Lipinski definition) is 0. The first kappa shape index (κ1) is 18.1. The van der Waals surface area contributed by atoms with Gasteiger partial charge in [0.2, 0.25) is 0 Å². The van der Waals surface area contributed by atoms with Gasteiger partial charge < -0.3 is 9.05 Å². The molecule has 0 aromatic heterocycles. The predicted molar refractivity (Wildman–Crippen MR) is 98.9 cm³/mol. The van der Waals surface area contributed by atoms with Gasteiger partial charge in [0.1, 0.15) is 0 Å². The molecule has 3 heteroatoms. The Morgan fingerprint density at radius 2 is 1.22 bits per heavy atom. The van der Waals surface area contributed by atoms with Crippen LogP contribution in [0.5, 0.6) is 0 Å². The molecule has 0 aliphatic carbocycles. The molecule has 0 saturated heterocycles. The number of unbranched alkanes of at least 4 members (excludes halogenated alkanes) is 1. The van der Waals surface area contributed by atoms with E-state index in [0.29, 0.717) is 0 Å². The third kappa shape index (κ3) is 7.74. The maximum absolute atomic E-state index is 6.03. The molecule has 0 fully saturated rings. The molecule has 23 heavy (non-hydrogen) atoms. The summed E-state index contributed by atoms with van der Waals surface area (Å²) in [7, 11) is -0.759. The fourth-order valence-electron chi connectivity index (χ4n) is 2.27. The lowest BCUT2D eigenvalue weighted by Gasteiger charge is -2.17. The highest BCUT2D eigenvalue weighted by molar-refractivity contribution is 7.47. The van der Waals surface area contributed by atoms with E-state index in [1.165, 1.54) is 24.0 Å². The molecule has 2 rings (SSSR count). The van der Waals surface area contributed by atoms with Crippen LogP contribution in [0.3, 0.4) is 0 Å². The first-order valence-electron chi connectivity index (χ1n) is 8.49. The van der Waals surface area contributed by atoms with Gasteiger partial charge in [-0.25, -0.2) is 0 Å². The third-order valence-corrected chi connectivity index (χ3v) is 5.25. The highest BCUT2D eigenvalue weighted by Crippen LogP contribution is 2.39. The van der Waals surface area contributed by atoms with Gasteiger partial charge in [0.15, 0.2) is 8.38 Å². The molecule has 0 aliphatic rings. The molecule has 0 unspecified atom stereocenters. The van der Waals surface area contributed by atoms with E-state index >= 15 is 0 Å². The molecule has 0 saturated carbocycles. The largest absolute Gasteiger partial charge is 0.334 e. The van der Waals surface area contributed by atoms with Gasteiger partial charge in [-0.05, 0) is 30.4 Å². The van der Waals surface area contributed by atoms with Gasteiger partial charge in [-0.3, -0.25) is 0 Å². The van der Waals surface area contributed by atoms with Crippen LogP contribution in [0.4, 0.5) is 0 Å². The van der Waals surface area contributed by atoms with E-state index in [1.807, 2.05) is 12.1 Å². The van der Waals surface area contributed by atoms with Crippen molar-refractivity contribution in [1.29, 1.82) is 0 Å². The van der Waals surface area contributed by atoms with Gasteiger partial charge in [0.05, 0.1) is 13.2 Å². The molecule has 124 valence electrons. The summed E-state index contributed by atoms with van der Waals surface area (Å²) in [6.07, 6.45) is 5.29. The smallest absolute Gasteiger partial charge is 0.170 e. The fourth-order valence-corrected chi connectivity index (χ4v) is 3.77. The second-order valence-corrected chi connectivity index (χ2v) is 7.18. The maximum Gasteiger partial charge on any atom is 0.170 e. The van der Waals surface area contributed by atoms with Crippen molar-refractivity contribution in [2.24, 2.45) is 0 Å². The molecule has 2 aromatic rings. The molecule has 0 atom stereocenters. The summed E-state index contributed by atoms with van der Waals surface area (Å²) in [5.41, 5.74) is 2.64. The van der Waals surface area contributed by atoms with Crippen molar-refractivity contribution in [1.82, 2.24) is 0 Å². The van der Waals surface area contributed by atoms with Crippen molar-refractivity contribution >= 4 is 8.38 Å². The van der Waals surface area contributed by atoms with Crippen molar-refractivity contribution < 1.29 is 9.05 Å². The Kier molecular flexibility index (Phi) is 8.94. The average Bonchev–Trinajstić information content (AvgIpc) is 2.61. The summed E-state index contributed by atoms with van der Waals surface area (Å²) in [6.45, 7) is 3.69. The van der Waals surface area contributed by atoms with Crippen LogP contribution in [0.1, 0.15) is 30.9 Å². The van der Waals surface area contributed by atoms with E-state index in [1.54, 1.807) is 0 Å². The summed E-state index contributed by atoms with van der Waals surface area (Å²) in [5.74, 6) is 0. The Labute approximate surface area is 141 Å². The van der Waals surface area contributed by atoms with Crippen molar-refractivity contribution in [3.63, 3.8) is 0 Å². The fraction of sp³-hybridized carbons (Fsp3) is 0.400.